The molecule has 26 heavy (non-hydrogen) atoms. The molecule has 0 bridgehead atoms. The fourth-order valence-electron chi connectivity index (χ4n) is 4.58. The van der Waals surface area contributed by atoms with Crippen molar-refractivity contribution in [1.82, 2.24) is 9.80 Å². The lowest BCUT2D eigenvalue weighted by Crippen LogP contribution is -2.42. The zero-order valence-electron chi connectivity index (χ0n) is 15.8. The highest BCUT2D eigenvalue weighted by Gasteiger charge is 2.32. The van der Waals surface area contributed by atoms with Crippen molar-refractivity contribution in [3.63, 3.8) is 0 Å². The second-order valence-corrected chi connectivity index (χ2v) is 9.50. The standard InChI is InChI=1S/C21H30N2O2S/c1-15-7-11-23(12-8-15)20(24)16-5-6-18-17(13-16)14-19(26-18)21(25)22-9-3-2-4-10-22/h14-16H,2-13H2,1H3. The number of carbonyl (C=O) groups excluding carboxylic acids is 2. The minimum Gasteiger partial charge on any atom is -0.342 e. The first-order chi connectivity index (χ1) is 12.6. The van der Waals surface area contributed by atoms with Gasteiger partial charge in [-0.2, -0.15) is 0 Å². The molecule has 0 saturated carbocycles. The Bertz CT molecular complexity index is 670. The van der Waals surface area contributed by atoms with E-state index in [9.17, 15) is 9.59 Å². The molecule has 142 valence electrons. The normalized spacial score (nSPS) is 24.4. The van der Waals surface area contributed by atoms with Gasteiger partial charge >= 0.3 is 0 Å². The van der Waals surface area contributed by atoms with Gasteiger partial charge in [-0.1, -0.05) is 6.92 Å². The Labute approximate surface area is 160 Å². The van der Waals surface area contributed by atoms with Crippen LogP contribution >= 0.6 is 11.3 Å². The van der Waals surface area contributed by atoms with Crippen molar-refractivity contribution in [1.29, 1.82) is 0 Å². The number of likely N-dealkylation sites (tertiary alicyclic amines) is 2. The van der Waals surface area contributed by atoms with Crippen LogP contribution in [0.25, 0.3) is 0 Å². The van der Waals surface area contributed by atoms with Crippen LogP contribution in [0.3, 0.4) is 0 Å². The molecule has 1 unspecified atom stereocenters. The van der Waals surface area contributed by atoms with Crippen LogP contribution < -0.4 is 0 Å². The summed E-state index contributed by atoms with van der Waals surface area (Å²) in [5.74, 6) is 1.41. The van der Waals surface area contributed by atoms with Gasteiger partial charge in [-0.25, -0.2) is 0 Å². The molecular weight excluding hydrogens is 344 g/mol. The maximum atomic E-state index is 12.9. The Morgan fingerprint density at radius 3 is 2.46 bits per heavy atom. The lowest BCUT2D eigenvalue weighted by Gasteiger charge is -2.34. The van der Waals surface area contributed by atoms with Crippen LogP contribution in [0, 0.1) is 11.8 Å². The Hall–Kier alpha value is -1.36. The number of nitrogens with zero attached hydrogens (tertiary/aromatic N) is 2. The van der Waals surface area contributed by atoms with E-state index in [1.807, 2.05) is 4.90 Å². The van der Waals surface area contributed by atoms with Crippen LogP contribution in [-0.2, 0) is 17.6 Å². The van der Waals surface area contributed by atoms with E-state index in [0.29, 0.717) is 5.91 Å². The van der Waals surface area contributed by atoms with E-state index >= 15 is 0 Å². The van der Waals surface area contributed by atoms with Crippen molar-refractivity contribution in [2.24, 2.45) is 11.8 Å². The summed E-state index contributed by atoms with van der Waals surface area (Å²) in [6, 6.07) is 2.09. The Morgan fingerprint density at radius 1 is 1.00 bits per heavy atom. The first kappa shape index (κ1) is 18.0. The topological polar surface area (TPSA) is 40.6 Å². The van der Waals surface area contributed by atoms with Crippen LogP contribution in [0.15, 0.2) is 6.07 Å². The van der Waals surface area contributed by atoms with Crippen LogP contribution in [0.5, 0.6) is 0 Å². The smallest absolute Gasteiger partial charge is 0.263 e. The highest BCUT2D eigenvalue weighted by atomic mass is 32.1. The van der Waals surface area contributed by atoms with E-state index in [1.165, 1.54) is 16.9 Å². The first-order valence-corrected chi connectivity index (χ1v) is 11.1. The molecule has 5 heteroatoms. The predicted molar refractivity (Wildman–Crippen MR) is 105 cm³/mol. The second kappa shape index (κ2) is 7.71. The summed E-state index contributed by atoms with van der Waals surface area (Å²) in [6.45, 7) is 5.92. The van der Waals surface area contributed by atoms with Crippen LogP contribution in [0.2, 0.25) is 0 Å². The number of piperidine rings is 2. The van der Waals surface area contributed by atoms with E-state index in [-0.39, 0.29) is 11.8 Å². The maximum absolute atomic E-state index is 12.9. The predicted octanol–water partition coefficient (Wildman–Crippen LogP) is 3.74. The molecular formula is C21H30N2O2S. The van der Waals surface area contributed by atoms with Gasteiger partial charge in [0.1, 0.15) is 0 Å². The molecule has 0 radical (unpaired) electrons. The number of hydrogen-bond donors (Lipinski definition) is 0. The summed E-state index contributed by atoms with van der Waals surface area (Å²) in [5.41, 5.74) is 1.25. The summed E-state index contributed by atoms with van der Waals surface area (Å²) in [7, 11) is 0. The average Bonchev–Trinajstić information content (AvgIpc) is 3.11. The third-order valence-electron chi connectivity index (χ3n) is 6.38. The van der Waals surface area contributed by atoms with Gasteiger partial charge in [-0.3, -0.25) is 9.59 Å². The van der Waals surface area contributed by atoms with Crippen molar-refractivity contribution in [3.05, 3.63) is 21.4 Å². The lowest BCUT2D eigenvalue weighted by atomic mass is 9.86. The third-order valence-corrected chi connectivity index (χ3v) is 7.61. The molecule has 2 fully saturated rings. The maximum Gasteiger partial charge on any atom is 0.263 e. The van der Waals surface area contributed by atoms with Crippen molar-refractivity contribution < 1.29 is 9.59 Å². The van der Waals surface area contributed by atoms with Gasteiger partial charge in [0.2, 0.25) is 5.91 Å². The van der Waals surface area contributed by atoms with Crippen LogP contribution in [-0.4, -0.2) is 47.8 Å². The zero-order chi connectivity index (χ0) is 18.1. The Morgan fingerprint density at radius 2 is 1.73 bits per heavy atom. The third kappa shape index (κ3) is 3.68. The van der Waals surface area contributed by atoms with Crippen molar-refractivity contribution >= 4 is 23.2 Å². The molecule has 1 aromatic heterocycles. The van der Waals surface area contributed by atoms with Gasteiger partial charge in [0.15, 0.2) is 0 Å². The minimum atomic E-state index is 0.114. The highest BCUT2D eigenvalue weighted by molar-refractivity contribution is 7.14. The quantitative estimate of drug-likeness (QED) is 0.791. The summed E-state index contributed by atoms with van der Waals surface area (Å²) in [4.78, 5) is 32.0. The molecule has 2 aliphatic heterocycles. The fourth-order valence-corrected chi connectivity index (χ4v) is 5.76. The average molecular weight is 375 g/mol. The first-order valence-electron chi connectivity index (χ1n) is 10.3. The van der Waals surface area contributed by atoms with Crippen molar-refractivity contribution in [2.75, 3.05) is 26.2 Å². The molecule has 2 amide bonds. The number of thiophene rings is 1. The Kier molecular flexibility index (Phi) is 5.35. The molecule has 3 aliphatic rings. The Balaban J connectivity index is 1.41. The second-order valence-electron chi connectivity index (χ2n) is 8.36. The summed E-state index contributed by atoms with van der Waals surface area (Å²) in [6.07, 6.45) is 8.48. The van der Waals surface area contributed by atoms with Gasteiger partial charge in [-0.05, 0) is 68.9 Å². The van der Waals surface area contributed by atoms with Crippen LogP contribution in [0.4, 0.5) is 0 Å². The molecule has 0 spiro atoms. The van der Waals surface area contributed by atoms with Gasteiger partial charge in [0.05, 0.1) is 4.88 Å². The van der Waals surface area contributed by atoms with Gasteiger partial charge < -0.3 is 9.80 Å². The van der Waals surface area contributed by atoms with E-state index in [2.05, 4.69) is 17.9 Å². The number of aryl methyl sites for hydroxylation is 1. The SMILES string of the molecule is CC1CCN(C(=O)C2CCc3sc(C(=O)N4CCCCC4)cc3C2)CC1. The van der Waals surface area contributed by atoms with Crippen molar-refractivity contribution in [2.45, 2.75) is 58.3 Å². The summed E-state index contributed by atoms with van der Waals surface area (Å²) in [5, 5.41) is 0. The lowest BCUT2D eigenvalue weighted by molar-refractivity contribution is -0.137. The monoisotopic (exact) mass is 374 g/mol. The highest BCUT2D eigenvalue weighted by Crippen LogP contribution is 2.34. The molecule has 1 aromatic rings. The molecule has 3 heterocycles. The zero-order valence-corrected chi connectivity index (χ0v) is 16.7. The molecule has 0 N–H and O–H groups in total. The fraction of sp³-hybridized carbons (Fsp3) is 0.714. The van der Waals surface area contributed by atoms with E-state index in [0.717, 1.165) is 81.9 Å². The summed E-state index contributed by atoms with van der Waals surface area (Å²) < 4.78 is 0. The van der Waals surface area contributed by atoms with E-state index in [4.69, 9.17) is 0 Å². The van der Waals surface area contributed by atoms with Gasteiger partial charge in [-0.15, -0.1) is 11.3 Å². The van der Waals surface area contributed by atoms with Gasteiger partial charge in [0.25, 0.3) is 5.91 Å². The van der Waals surface area contributed by atoms with Crippen LogP contribution in [0.1, 0.15) is 65.6 Å². The number of rotatable bonds is 2. The molecule has 4 nitrogen and oxygen atoms in total. The molecule has 2 saturated heterocycles. The van der Waals surface area contributed by atoms with E-state index < -0.39 is 0 Å². The number of fused-ring (bicyclic) bond motifs is 1. The van der Waals surface area contributed by atoms with E-state index in [1.54, 1.807) is 11.3 Å². The number of hydrogen-bond acceptors (Lipinski definition) is 3. The molecule has 1 atom stereocenters. The summed E-state index contributed by atoms with van der Waals surface area (Å²) >= 11 is 1.67. The van der Waals surface area contributed by atoms with Gasteiger partial charge in [0, 0.05) is 37.0 Å². The number of carbonyl (C=O) groups is 2. The number of amides is 2. The largest absolute Gasteiger partial charge is 0.342 e. The molecule has 0 aromatic carbocycles. The molecule has 1 aliphatic carbocycles. The van der Waals surface area contributed by atoms with Crippen molar-refractivity contribution in [3.8, 4) is 0 Å². The minimum absolute atomic E-state index is 0.114. The molecule has 4 rings (SSSR count).